The molecule has 0 aliphatic heterocycles. The van der Waals surface area contributed by atoms with Gasteiger partial charge in [0.2, 0.25) is 0 Å². The highest BCUT2D eigenvalue weighted by atomic mass is 32.1. The van der Waals surface area contributed by atoms with Gasteiger partial charge >= 0.3 is 0 Å². The van der Waals surface area contributed by atoms with Crippen molar-refractivity contribution in [2.24, 2.45) is 0 Å². The van der Waals surface area contributed by atoms with Gasteiger partial charge in [0, 0.05) is 18.1 Å². The minimum atomic E-state index is 0.649. The van der Waals surface area contributed by atoms with Crippen molar-refractivity contribution < 1.29 is 4.74 Å². The number of methoxy groups -OCH3 is 1. The Morgan fingerprint density at radius 2 is 2.00 bits per heavy atom. The predicted octanol–water partition coefficient (Wildman–Crippen LogP) is 4.50. The predicted molar refractivity (Wildman–Crippen MR) is 101 cm³/mol. The summed E-state index contributed by atoms with van der Waals surface area (Å²) in [5, 5.41) is 8.18. The third-order valence-electron chi connectivity index (χ3n) is 3.76. The molecule has 1 aromatic carbocycles. The summed E-state index contributed by atoms with van der Waals surface area (Å²) in [7, 11) is 1.66. The van der Waals surface area contributed by atoms with Crippen LogP contribution in [0.2, 0.25) is 0 Å². The number of nitrogens with one attached hydrogen (secondary N) is 2. The molecule has 0 fully saturated rings. The van der Waals surface area contributed by atoms with Crippen LogP contribution in [0.3, 0.4) is 0 Å². The van der Waals surface area contributed by atoms with Gasteiger partial charge in [0.05, 0.1) is 18.3 Å². The molecule has 0 radical (unpaired) electrons. The number of fused-ring (bicyclic) bond motifs is 1. The van der Waals surface area contributed by atoms with Crippen LogP contribution in [0.15, 0.2) is 30.5 Å². The third-order valence-corrected chi connectivity index (χ3v) is 4.01. The lowest BCUT2D eigenvalue weighted by atomic mass is 10.1. The minimum Gasteiger partial charge on any atom is -0.497 e. The first-order valence-electron chi connectivity index (χ1n) is 8.22. The summed E-state index contributed by atoms with van der Waals surface area (Å²) in [6.45, 7) is 3.13. The van der Waals surface area contributed by atoms with Crippen molar-refractivity contribution in [1.82, 2.24) is 10.3 Å². The second-order valence-corrected chi connectivity index (χ2v) is 5.94. The molecule has 1 heterocycles. The first kappa shape index (κ1) is 17.5. The van der Waals surface area contributed by atoms with Crippen molar-refractivity contribution in [3.63, 3.8) is 0 Å². The molecule has 124 valence electrons. The zero-order chi connectivity index (χ0) is 16.5. The number of ether oxygens (including phenoxy) is 1. The molecule has 1 aromatic heterocycles. The van der Waals surface area contributed by atoms with E-state index in [1.807, 2.05) is 24.3 Å². The average Bonchev–Trinajstić information content (AvgIpc) is 2.58. The molecule has 2 aromatic rings. The maximum atomic E-state index is 5.39. The summed E-state index contributed by atoms with van der Waals surface area (Å²) in [5.41, 5.74) is 1.86. The Labute approximate surface area is 143 Å². The minimum absolute atomic E-state index is 0.649. The Kier molecular flexibility index (Phi) is 7.07. The van der Waals surface area contributed by atoms with Crippen LogP contribution in [-0.2, 0) is 0 Å². The average molecular weight is 331 g/mol. The molecule has 0 unspecified atom stereocenters. The van der Waals surface area contributed by atoms with Gasteiger partial charge in [0.15, 0.2) is 5.11 Å². The van der Waals surface area contributed by atoms with E-state index in [0.29, 0.717) is 5.11 Å². The highest BCUT2D eigenvalue weighted by Gasteiger charge is 2.05. The summed E-state index contributed by atoms with van der Waals surface area (Å²) in [5.74, 6) is 0.809. The van der Waals surface area contributed by atoms with Crippen molar-refractivity contribution in [1.29, 1.82) is 0 Å². The molecule has 0 spiro atoms. The third kappa shape index (κ3) is 5.36. The lowest BCUT2D eigenvalue weighted by Gasteiger charge is -2.13. The number of unbranched alkanes of at least 4 members (excludes halogenated alkanes) is 4. The van der Waals surface area contributed by atoms with Crippen molar-refractivity contribution in [3.8, 4) is 5.75 Å². The van der Waals surface area contributed by atoms with Crippen LogP contribution in [0, 0.1) is 0 Å². The maximum absolute atomic E-state index is 5.39. The summed E-state index contributed by atoms with van der Waals surface area (Å²) < 4.78 is 5.29. The monoisotopic (exact) mass is 331 g/mol. The first-order valence-corrected chi connectivity index (χ1v) is 8.63. The highest BCUT2D eigenvalue weighted by Crippen LogP contribution is 2.25. The summed E-state index contributed by atoms with van der Waals surface area (Å²) in [6, 6.07) is 7.75. The molecule has 0 atom stereocenters. The van der Waals surface area contributed by atoms with Gasteiger partial charge < -0.3 is 15.4 Å². The molecule has 0 amide bonds. The zero-order valence-electron chi connectivity index (χ0n) is 13.9. The molecule has 0 saturated carbocycles. The Bertz CT molecular complexity index is 645. The number of aromatic nitrogens is 1. The maximum Gasteiger partial charge on any atom is 0.170 e. The van der Waals surface area contributed by atoms with Gasteiger partial charge in [-0.25, -0.2) is 0 Å². The van der Waals surface area contributed by atoms with E-state index >= 15 is 0 Å². The van der Waals surface area contributed by atoms with Crippen LogP contribution in [0.1, 0.15) is 39.0 Å². The van der Waals surface area contributed by atoms with Gasteiger partial charge in [0.1, 0.15) is 5.75 Å². The van der Waals surface area contributed by atoms with Gasteiger partial charge in [-0.15, -0.1) is 0 Å². The van der Waals surface area contributed by atoms with Gasteiger partial charge in [-0.3, -0.25) is 4.98 Å². The molecular formula is C18H25N3OS. The number of benzene rings is 1. The van der Waals surface area contributed by atoms with E-state index in [2.05, 4.69) is 22.5 Å². The molecule has 0 aliphatic carbocycles. The largest absolute Gasteiger partial charge is 0.497 e. The molecule has 0 aliphatic rings. The number of anilines is 1. The quantitative estimate of drug-likeness (QED) is 0.551. The molecule has 5 heteroatoms. The second-order valence-electron chi connectivity index (χ2n) is 5.54. The van der Waals surface area contributed by atoms with Gasteiger partial charge in [-0.1, -0.05) is 32.6 Å². The fourth-order valence-electron chi connectivity index (χ4n) is 2.46. The standard InChI is InChI=1S/C18H25N3OS/c1-3-4-5-6-7-11-20-18(23)21-17-10-12-19-16-9-8-14(22-2)13-15(16)17/h8-10,12-13H,3-7,11H2,1-2H3,(H2,19,20,21,23). The van der Waals surface area contributed by atoms with E-state index in [1.54, 1.807) is 13.3 Å². The number of hydrogen-bond donors (Lipinski definition) is 2. The smallest absolute Gasteiger partial charge is 0.170 e. The molecule has 2 N–H and O–H groups in total. The summed E-state index contributed by atoms with van der Waals surface area (Å²) in [6.07, 6.45) is 8.06. The molecule has 0 saturated heterocycles. The van der Waals surface area contributed by atoms with E-state index in [0.717, 1.165) is 35.3 Å². The number of hydrogen-bond acceptors (Lipinski definition) is 3. The Morgan fingerprint density at radius 3 is 2.78 bits per heavy atom. The van der Waals surface area contributed by atoms with Crippen molar-refractivity contribution >= 4 is 33.9 Å². The molecule has 4 nitrogen and oxygen atoms in total. The first-order chi connectivity index (χ1) is 11.2. The molecule has 0 bridgehead atoms. The molecule has 23 heavy (non-hydrogen) atoms. The SMILES string of the molecule is CCCCCCCNC(=S)Nc1ccnc2ccc(OC)cc12. The van der Waals surface area contributed by atoms with Crippen LogP contribution in [-0.4, -0.2) is 23.8 Å². The van der Waals surface area contributed by atoms with E-state index in [1.165, 1.54) is 25.7 Å². The van der Waals surface area contributed by atoms with E-state index in [4.69, 9.17) is 17.0 Å². The van der Waals surface area contributed by atoms with Crippen LogP contribution in [0.25, 0.3) is 10.9 Å². The van der Waals surface area contributed by atoms with Crippen molar-refractivity contribution in [2.45, 2.75) is 39.0 Å². The lowest BCUT2D eigenvalue weighted by Crippen LogP contribution is -2.29. The van der Waals surface area contributed by atoms with E-state index in [-0.39, 0.29) is 0 Å². The van der Waals surface area contributed by atoms with Gasteiger partial charge in [0.25, 0.3) is 0 Å². The van der Waals surface area contributed by atoms with Crippen LogP contribution >= 0.6 is 12.2 Å². The number of thiocarbonyl (C=S) groups is 1. The van der Waals surface area contributed by atoms with Crippen LogP contribution in [0.4, 0.5) is 5.69 Å². The summed E-state index contributed by atoms with van der Waals surface area (Å²) >= 11 is 5.39. The van der Waals surface area contributed by atoms with Crippen LogP contribution < -0.4 is 15.4 Å². The Hall–Kier alpha value is -1.88. The van der Waals surface area contributed by atoms with Crippen LogP contribution in [0.5, 0.6) is 5.75 Å². The number of pyridine rings is 1. The van der Waals surface area contributed by atoms with Gasteiger partial charge in [-0.05, 0) is 42.9 Å². The zero-order valence-corrected chi connectivity index (χ0v) is 14.7. The normalized spacial score (nSPS) is 10.5. The van der Waals surface area contributed by atoms with E-state index < -0.39 is 0 Å². The fourth-order valence-corrected chi connectivity index (χ4v) is 2.67. The lowest BCUT2D eigenvalue weighted by molar-refractivity contribution is 0.415. The number of rotatable bonds is 8. The van der Waals surface area contributed by atoms with Gasteiger partial charge in [-0.2, -0.15) is 0 Å². The van der Waals surface area contributed by atoms with Crippen molar-refractivity contribution in [3.05, 3.63) is 30.5 Å². The molecular weight excluding hydrogens is 306 g/mol. The Morgan fingerprint density at radius 1 is 1.17 bits per heavy atom. The highest BCUT2D eigenvalue weighted by molar-refractivity contribution is 7.80. The number of nitrogens with zero attached hydrogens (tertiary/aromatic N) is 1. The Balaban J connectivity index is 1.91. The second kappa shape index (κ2) is 9.30. The topological polar surface area (TPSA) is 46.2 Å². The summed E-state index contributed by atoms with van der Waals surface area (Å²) in [4.78, 5) is 4.37. The molecule has 2 rings (SSSR count). The van der Waals surface area contributed by atoms with E-state index in [9.17, 15) is 0 Å². The van der Waals surface area contributed by atoms with Crippen molar-refractivity contribution in [2.75, 3.05) is 19.0 Å². The fraction of sp³-hybridized carbons (Fsp3) is 0.444.